The summed E-state index contributed by atoms with van der Waals surface area (Å²) in [5, 5.41) is 9.73. The third-order valence-electron chi connectivity index (χ3n) is 5.20. The Labute approximate surface area is 147 Å². The highest BCUT2D eigenvalue weighted by Crippen LogP contribution is 2.31. The average molecular weight is 338 g/mol. The number of carbonyl (C=O) groups excluding carboxylic acids is 1. The number of rotatable bonds is 3. The molecule has 1 aromatic carbocycles. The first-order chi connectivity index (χ1) is 12.1. The van der Waals surface area contributed by atoms with Crippen LogP contribution in [-0.4, -0.2) is 46.7 Å². The molecule has 2 aliphatic heterocycles. The number of nitrogens with zero attached hydrogens (tertiary/aromatic N) is 2. The molecular formula is C20H22N2O3. The van der Waals surface area contributed by atoms with Crippen LogP contribution in [0.4, 0.5) is 0 Å². The molecule has 2 aromatic rings. The lowest BCUT2D eigenvalue weighted by molar-refractivity contribution is 0.0762. The van der Waals surface area contributed by atoms with Gasteiger partial charge in [0.05, 0.1) is 18.3 Å². The van der Waals surface area contributed by atoms with Crippen LogP contribution in [0.3, 0.4) is 0 Å². The SMILES string of the molecule is CC(O)C1CCN(C(=O)c2cncc(-c3ccc4c(c3)CCO4)c2)C1. The fraction of sp³-hybridized carbons (Fsp3) is 0.400. The third kappa shape index (κ3) is 3.12. The monoisotopic (exact) mass is 338 g/mol. The third-order valence-corrected chi connectivity index (χ3v) is 5.20. The Hall–Kier alpha value is -2.40. The molecule has 2 atom stereocenters. The molecule has 0 saturated carbocycles. The van der Waals surface area contributed by atoms with Crippen molar-refractivity contribution >= 4 is 5.91 Å². The molecule has 130 valence electrons. The topological polar surface area (TPSA) is 62.7 Å². The number of fused-ring (bicyclic) bond motifs is 1. The Morgan fingerprint density at radius 3 is 3.00 bits per heavy atom. The van der Waals surface area contributed by atoms with E-state index in [1.165, 1.54) is 5.56 Å². The number of benzene rings is 1. The zero-order valence-electron chi connectivity index (χ0n) is 14.3. The van der Waals surface area contributed by atoms with Crippen LogP contribution in [-0.2, 0) is 6.42 Å². The molecule has 3 heterocycles. The second-order valence-electron chi connectivity index (χ2n) is 6.92. The van der Waals surface area contributed by atoms with E-state index in [2.05, 4.69) is 11.1 Å². The van der Waals surface area contributed by atoms with Gasteiger partial charge in [-0.15, -0.1) is 0 Å². The highest BCUT2D eigenvalue weighted by molar-refractivity contribution is 5.95. The summed E-state index contributed by atoms with van der Waals surface area (Å²) >= 11 is 0. The molecule has 0 bridgehead atoms. The summed E-state index contributed by atoms with van der Waals surface area (Å²) in [6.07, 6.45) is 4.80. The molecule has 25 heavy (non-hydrogen) atoms. The quantitative estimate of drug-likeness (QED) is 0.934. The molecular weight excluding hydrogens is 316 g/mol. The van der Waals surface area contributed by atoms with E-state index in [0.717, 1.165) is 36.3 Å². The summed E-state index contributed by atoms with van der Waals surface area (Å²) in [6.45, 7) is 3.82. The van der Waals surface area contributed by atoms with Crippen LogP contribution in [0, 0.1) is 5.92 Å². The minimum Gasteiger partial charge on any atom is -0.493 e. The van der Waals surface area contributed by atoms with E-state index in [1.54, 1.807) is 19.3 Å². The maximum absolute atomic E-state index is 12.8. The Morgan fingerprint density at radius 2 is 2.20 bits per heavy atom. The molecule has 5 heteroatoms. The van der Waals surface area contributed by atoms with Gasteiger partial charge >= 0.3 is 0 Å². The van der Waals surface area contributed by atoms with Gasteiger partial charge < -0.3 is 14.7 Å². The number of pyridine rings is 1. The standard InChI is InChI=1S/C20H22N2O3/c1-13(23)16-4-6-22(12-16)20(24)18-9-17(10-21-11-18)14-2-3-19-15(8-14)5-7-25-19/h2-3,8-11,13,16,23H,4-7,12H2,1H3. The number of amides is 1. The molecule has 1 aromatic heterocycles. The fourth-order valence-corrected chi connectivity index (χ4v) is 3.63. The lowest BCUT2D eigenvalue weighted by Crippen LogP contribution is -2.30. The number of carbonyl (C=O) groups is 1. The predicted molar refractivity (Wildman–Crippen MR) is 94.6 cm³/mol. The molecule has 2 aliphatic rings. The molecule has 4 rings (SSSR count). The molecule has 2 unspecified atom stereocenters. The van der Waals surface area contributed by atoms with Crippen molar-refractivity contribution in [3.63, 3.8) is 0 Å². The van der Waals surface area contributed by atoms with Gasteiger partial charge in [0.1, 0.15) is 5.75 Å². The maximum Gasteiger partial charge on any atom is 0.255 e. The number of likely N-dealkylation sites (tertiary alicyclic amines) is 1. The van der Waals surface area contributed by atoms with Crippen molar-refractivity contribution in [3.05, 3.63) is 47.8 Å². The summed E-state index contributed by atoms with van der Waals surface area (Å²) in [5.74, 6) is 1.10. The van der Waals surface area contributed by atoms with Crippen LogP contribution < -0.4 is 4.74 Å². The van der Waals surface area contributed by atoms with Crippen LogP contribution in [0.2, 0.25) is 0 Å². The van der Waals surface area contributed by atoms with Crippen LogP contribution in [0.25, 0.3) is 11.1 Å². The molecule has 1 amide bonds. The van der Waals surface area contributed by atoms with Gasteiger partial charge in [-0.1, -0.05) is 6.07 Å². The highest BCUT2D eigenvalue weighted by atomic mass is 16.5. The lowest BCUT2D eigenvalue weighted by atomic mass is 10.0. The maximum atomic E-state index is 12.8. The summed E-state index contributed by atoms with van der Waals surface area (Å²) in [6, 6.07) is 8.02. The minimum atomic E-state index is -0.379. The highest BCUT2D eigenvalue weighted by Gasteiger charge is 2.29. The number of aliphatic hydroxyl groups is 1. The van der Waals surface area contributed by atoms with E-state index in [4.69, 9.17) is 4.74 Å². The number of hydrogen-bond donors (Lipinski definition) is 1. The van der Waals surface area contributed by atoms with E-state index in [0.29, 0.717) is 18.7 Å². The number of aromatic nitrogens is 1. The summed E-state index contributed by atoms with van der Waals surface area (Å²) < 4.78 is 5.55. The molecule has 1 N–H and O–H groups in total. The normalized spacial score (nSPS) is 20.2. The van der Waals surface area contributed by atoms with Gasteiger partial charge in [0.15, 0.2) is 0 Å². The van der Waals surface area contributed by atoms with E-state index in [-0.39, 0.29) is 17.9 Å². The molecule has 0 spiro atoms. The number of ether oxygens (including phenoxy) is 1. The molecule has 0 aliphatic carbocycles. The van der Waals surface area contributed by atoms with Gasteiger partial charge in [-0.2, -0.15) is 0 Å². The van der Waals surface area contributed by atoms with Gasteiger partial charge in [-0.3, -0.25) is 9.78 Å². The van der Waals surface area contributed by atoms with Crippen molar-refractivity contribution < 1.29 is 14.6 Å². The van der Waals surface area contributed by atoms with Crippen LogP contribution in [0.15, 0.2) is 36.7 Å². The van der Waals surface area contributed by atoms with Gasteiger partial charge in [0.25, 0.3) is 5.91 Å². The second kappa shape index (κ2) is 6.48. The summed E-state index contributed by atoms with van der Waals surface area (Å²) in [7, 11) is 0. The lowest BCUT2D eigenvalue weighted by Gasteiger charge is -2.18. The van der Waals surface area contributed by atoms with Crippen molar-refractivity contribution in [2.75, 3.05) is 19.7 Å². The molecule has 1 saturated heterocycles. The van der Waals surface area contributed by atoms with Gasteiger partial charge in [-0.05, 0) is 42.7 Å². The van der Waals surface area contributed by atoms with Gasteiger partial charge in [-0.25, -0.2) is 0 Å². The Balaban J connectivity index is 1.56. The average Bonchev–Trinajstić information content (AvgIpc) is 3.30. The second-order valence-corrected chi connectivity index (χ2v) is 6.92. The number of aliphatic hydroxyl groups excluding tert-OH is 1. The first kappa shape index (κ1) is 16.1. The van der Waals surface area contributed by atoms with Gasteiger partial charge in [0, 0.05) is 43.4 Å². The minimum absolute atomic E-state index is 0.0120. The number of hydrogen-bond acceptors (Lipinski definition) is 4. The van der Waals surface area contributed by atoms with Crippen molar-refractivity contribution in [1.29, 1.82) is 0 Å². The van der Waals surface area contributed by atoms with Crippen LogP contribution >= 0.6 is 0 Å². The van der Waals surface area contributed by atoms with Crippen LogP contribution in [0.5, 0.6) is 5.75 Å². The smallest absolute Gasteiger partial charge is 0.255 e. The van der Waals surface area contributed by atoms with Crippen LogP contribution in [0.1, 0.15) is 29.3 Å². The van der Waals surface area contributed by atoms with Crippen molar-refractivity contribution in [2.45, 2.75) is 25.9 Å². The zero-order valence-corrected chi connectivity index (χ0v) is 14.3. The van der Waals surface area contributed by atoms with E-state index >= 15 is 0 Å². The molecule has 1 fully saturated rings. The van der Waals surface area contributed by atoms with Crippen molar-refractivity contribution in [1.82, 2.24) is 9.88 Å². The van der Waals surface area contributed by atoms with E-state index in [1.807, 2.05) is 23.1 Å². The first-order valence-corrected chi connectivity index (χ1v) is 8.80. The Kier molecular flexibility index (Phi) is 4.17. The Bertz CT molecular complexity index is 803. The fourth-order valence-electron chi connectivity index (χ4n) is 3.63. The summed E-state index contributed by atoms with van der Waals surface area (Å²) in [5.41, 5.74) is 3.79. The first-order valence-electron chi connectivity index (χ1n) is 8.80. The largest absolute Gasteiger partial charge is 0.493 e. The summed E-state index contributed by atoms with van der Waals surface area (Å²) in [4.78, 5) is 18.9. The Morgan fingerprint density at radius 1 is 1.32 bits per heavy atom. The van der Waals surface area contributed by atoms with Gasteiger partial charge in [0.2, 0.25) is 0 Å². The van der Waals surface area contributed by atoms with E-state index < -0.39 is 0 Å². The predicted octanol–water partition coefficient (Wildman–Crippen LogP) is 2.53. The molecule has 5 nitrogen and oxygen atoms in total. The van der Waals surface area contributed by atoms with Crippen molar-refractivity contribution in [2.24, 2.45) is 5.92 Å². The van der Waals surface area contributed by atoms with E-state index in [9.17, 15) is 9.90 Å². The van der Waals surface area contributed by atoms with Crippen molar-refractivity contribution in [3.8, 4) is 16.9 Å². The molecule has 0 radical (unpaired) electrons. The zero-order chi connectivity index (χ0) is 17.4.